The molecule has 5 aromatic rings. The van der Waals surface area contributed by atoms with Crippen LogP contribution in [0.1, 0.15) is 20.7 Å². The molecule has 5 aromatic carbocycles. The topological polar surface area (TPSA) is 127 Å². The number of carboxylic acid groups (broad SMARTS) is 2. The summed E-state index contributed by atoms with van der Waals surface area (Å²) in [6.45, 7) is 0.708. The predicted octanol–water partition coefficient (Wildman–Crippen LogP) is 6.82. The maximum Gasteiger partial charge on any atom is 0.335 e. The normalized spacial score (nSPS) is 10.5. The van der Waals surface area contributed by atoms with Crippen LogP contribution in [0.25, 0.3) is 44.5 Å². The number of aromatic carboxylic acids is 2. The van der Waals surface area contributed by atoms with Gasteiger partial charge in [0.1, 0.15) is 11.5 Å². The van der Waals surface area contributed by atoms with E-state index in [4.69, 9.17) is 9.47 Å². The molecule has 0 radical (unpaired) electrons. The van der Waals surface area contributed by atoms with E-state index in [0.717, 1.165) is 44.5 Å². The Morgan fingerprint density at radius 2 is 0.714 bits per heavy atom. The fraction of sp³-hybridized carbons (Fsp3) is 0. The van der Waals surface area contributed by atoms with Crippen LogP contribution < -0.4 is 9.47 Å². The van der Waals surface area contributed by atoms with Gasteiger partial charge in [0.2, 0.25) is 0 Å². The van der Waals surface area contributed by atoms with E-state index in [-0.39, 0.29) is 11.1 Å². The number of carbonyl (C=O) groups is 4. The van der Waals surface area contributed by atoms with E-state index in [1.165, 1.54) is 24.3 Å². The minimum absolute atomic E-state index is 0.145. The summed E-state index contributed by atoms with van der Waals surface area (Å²) in [5.74, 6) is -1.32. The van der Waals surface area contributed by atoms with Gasteiger partial charge in [0.05, 0.1) is 11.1 Å². The van der Waals surface area contributed by atoms with Gasteiger partial charge in [0.15, 0.2) is 0 Å². The lowest BCUT2D eigenvalue weighted by atomic mass is 9.85. The van der Waals surface area contributed by atoms with Gasteiger partial charge in [-0.2, -0.15) is 0 Å². The quantitative estimate of drug-likeness (QED) is 0.179. The highest BCUT2D eigenvalue weighted by molar-refractivity contribution is 5.97. The van der Waals surface area contributed by atoms with Crippen molar-refractivity contribution >= 4 is 24.9 Å². The van der Waals surface area contributed by atoms with Crippen LogP contribution in [0.5, 0.6) is 11.5 Å². The van der Waals surface area contributed by atoms with Gasteiger partial charge in [-0.05, 0) is 105 Å². The molecular weight excluding hydrogens is 536 g/mol. The summed E-state index contributed by atoms with van der Waals surface area (Å²) in [7, 11) is 0. The van der Waals surface area contributed by atoms with E-state index < -0.39 is 11.9 Å². The van der Waals surface area contributed by atoms with Crippen LogP contribution >= 0.6 is 0 Å². The molecule has 5 rings (SSSR count). The number of hydrogen-bond donors (Lipinski definition) is 2. The molecule has 0 unspecified atom stereocenters. The molecule has 0 aliphatic carbocycles. The summed E-state index contributed by atoms with van der Waals surface area (Å²) < 4.78 is 9.92. The zero-order valence-electron chi connectivity index (χ0n) is 21.9. The third kappa shape index (κ3) is 5.78. The average Bonchev–Trinajstić information content (AvgIpc) is 3.02. The number of rotatable bonds is 10. The highest BCUT2D eigenvalue weighted by atomic mass is 16.5. The van der Waals surface area contributed by atoms with E-state index in [1.807, 2.05) is 36.4 Å². The first kappa shape index (κ1) is 27.5. The third-order valence-electron chi connectivity index (χ3n) is 6.74. The van der Waals surface area contributed by atoms with Crippen molar-refractivity contribution in [3.63, 3.8) is 0 Å². The van der Waals surface area contributed by atoms with Crippen LogP contribution in [0, 0.1) is 0 Å². The van der Waals surface area contributed by atoms with Crippen molar-refractivity contribution in [1.82, 2.24) is 0 Å². The van der Waals surface area contributed by atoms with Gasteiger partial charge in [0.25, 0.3) is 12.9 Å². The number of ether oxygens (including phenoxy) is 2. The van der Waals surface area contributed by atoms with Crippen LogP contribution in [0.3, 0.4) is 0 Å². The summed E-state index contributed by atoms with van der Waals surface area (Å²) >= 11 is 0. The Labute approximate surface area is 240 Å². The summed E-state index contributed by atoms with van der Waals surface area (Å²) in [5, 5.41) is 18.8. The second kappa shape index (κ2) is 12.0. The fourth-order valence-corrected chi connectivity index (χ4v) is 4.68. The Bertz CT molecular complexity index is 1640. The molecular formula is C34H22O8. The smallest absolute Gasteiger partial charge is 0.335 e. The van der Waals surface area contributed by atoms with Crippen molar-refractivity contribution in [2.75, 3.05) is 0 Å². The molecule has 0 aliphatic rings. The summed E-state index contributed by atoms with van der Waals surface area (Å²) in [6.07, 6.45) is 0. The average molecular weight is 559 g/mol. The summed E-state index contributed by atoms with van der Waals surface area (Å²) in [6, 6.07) is 31.0. The summed E-state index contributed by atoms with van der Waals surface area (Å²) in [5.41, 5.74) is 6.62. The number of benzene rings is 5. The Morgan fingerprint density at radius 1 is 0.452 bits per heavy atom. The van der Waals surface area contributed by atoms with E-state index in [1.54, 1.807) is 48.5 Å². The van der Waals surface area contributed by atoms with Crippen LogP contribution in [0.4, 0.5) is 0 Å². The molecule has 206 valence electrons. The molecule has 0 aliphatic heterocycles. The van der Waals surface area contributed by atoms with Crippen molar-refractivity contribution in [2.24, 2.45) is 0 Å². The SMILES string of the molecule is O=COc1ccc(-c2cc(-c3ccc(C(=O)O)cc3)c(-c3ccc(C(=O)O)cc3)cc2-c2ccc(OC=O)cc2)cc1. The molecule has 0 amide bonds. The molecule has 0 fully saturated rings. The second-order valence-electron chi connectivity index (χ2n) is 9.19. The second-order valence-corrected chi connectivity index (χ2v) is 9.19. The molecule has 0 atom stereocenters. The van der Waals surface area contributed by atoms with E-state index in [9.17, 15) is 29.4 Å². The highest BCUT2D eigenvalue weighted by Gasteiger charge is 2.17. The van der Waals surface area contributed by atoms with Crippen molar-refractivity contribution in [2.45, 2.75) is 0 Å². The fourth-order valence-electron chi connectivity index (χ4n) is 4.68. The lowest BCUT2D eigenvalue weighted by Gasteiger charge is -2.19. The van der Waals surface area contributed by atoms with Gasteiger partial charge < -0.3 is 19.7 Å². The van der Waals surface area contributed by atoms with E-state index in [2.05, 4.69) is 0 Å². The zero-order chi connectivity index (χ0) is 29.6. The van der Waals surface area contributed by atoms with Gasteiger partial charge in [0, 0.05) is 0 Å². The first-order valence-corrected chi connectivity index (χ1v) is 12.6. The van der Waals surface area contributed by atoms with Crippen LogP contribution in [-0.4, -0.2) is 35.1 Å². The molecule has 8 nitrogen and oxygen atoms in total. The Balaban J connectivity index is 1.77. The van der Waals surface area contributed by atoms with Gasteiger partial charge in [-0.3, -0.25) is 9.59 Å². The first-order valence-electron chi connectivity index (χ1n) is 12.6. The lowest BCUT2D eigenvalue weighted by Crippen LogP contribution is -1.97. The largest absolute Gasteiger partial charge is 0.478 e. The van der Waals surface area contributed by atoms with Crippen LogP contribution in [0.15, 0.2) is 109 Å². The highest BCUT2D eigenvalue weighted by Crippen LogP contribution is 2.42. The molecule has 0 aromatic heterocycles. The lowest BCUT2D eigenvalue weighted by molar-refractivity contribution is -0.121. The molecule has 42 heavy (non-hydrogen) atoms. The molecule has 0 saturated carbocycles. The maximum atomic E-state index is 11.5. The van der Waals surface area contributed by atoms with Crippen LogP contribution in [0.2, 0.25) is 0 Å². The van der Waals surface area contributed by atoms with Gasteiger partial charge in [-0.15, -0.1) is 0 Å². The summed E-state index contributed by atoms with van der Waals surface area (Å²) in [4.78, 5) is 44.6. The number of carbonyl (C=O) groups excluding carboxylic acids is 2. The third-order valence-corrected chi connectivity index (χ3v) is 6.74. The Kier molecular flexibility index (Phi) is 7.88. The van der Waals surface area contributed by atoms with Gasteiger partial charge in [-0.1, -0.05) is 48.5 Å². The van der Waals surface area contributed by atoms with Crippen molar-refractivity contribution < 1.29 is 38.9 Å². The monoisotopic (exact) mass is 558 g/mol. The first-order chi connectivity index (χ1) is 20.4. The minimum atomic E-state index is -1.04. The number of carboxylic acids is 2. The van der Waals surface area contributed by atoms with E-state index in [0.29, 0.717) is 24.4 Å². The predicted molar refractivity (Wildman–Crippen MR) is 155 cm³/mol. The van der Waals surface area contributed by atoms with Crippen molar-refractivity contribution in [3.05, 3.63) is 120 Å². The van der Waals surface area contributed by atoms with E-state index >= 15 is 0 Å². The Hall–Kier alpha value is -6.02. The standard InChI is InChI=1S/C34H22O8/c35-19-41-27-13-9-23(10-14-27)31-17-29(21-1-5-25(6-2-21)33(37)38)30(22-3-7-26(8-4-22)34(39)40)18-32(31)24-11-15-28(16-12-24)42-20-36/h1-20H,(H,37,38)(H,39,40). The minimum Gasteiger partial charge on any atom is -0.478 e. The molecule has 8 heteroatoms. The molecule has 0 saturated heterocycles. The molecule has 0 bridgehead atoms. The maximum absolute atomic E-state index is 11.5. The van der Waals surface area contributed by atoms with Crippen LogP contribution in [-0.2, 0) is 9.59 Å². The zero-order valence-corrected chi connectivity index (χ0v) is 21.9. The molecule has 0 heterocycles. The number of hydrogen-bond acceptors (Lipinski definition) is 6. The van der Waals surface area contributed by atoms with Gasteiger partial charge in [-0.25, -0.2) is 9.59 Å². The van der Waals surface area contributed by atoms with Crippen molar-refractivity contribution in [1.29, 1.82) is 0 Å². The Morgan fingerprint density at radius 3 is 0.952 bits per heavy atom. The molecule has 2 N–H and O–H groups in total. The van der Waals surface area contributed by atoms with Crippen molar-refractivity contribution in [3.8, 4) is 56.0 Å². The molecule has 0 spiro atoms. The van der Waals surface area contributed by atoms with Gasteiger partial charge >= 0.3 is 11.9 Å².